The number of carbonyl (C=O) groups excluding carboxylic acids is 2. The van der Waals surface area contributed by atoms with E-state index in [1.165, 1.54) is 0 Å². The summed E-state index contributed by atoms with van der Waals surface area (Å²) in [4.78, 5) is 19.7. The van der Waals surface area contributed by atoms with E-state index in [4.69, 9.17) is 0 Å². The number of ketones is 2. The SMILES string of the molecule is O=C(CF)C(F)(F)C(=O)C(F)(F)F.[PbH2]. The van der Waals surface area contributed by atoms with Gasteiger partial charge in [0.2, 0.25) is 5.78 Å². The first-order valence-corrected chi connectivity index (χ1v) is 2.72. The molecule has 0 unspecified atom stereocenters. The average Bonchev–Trinajstić information content (AvgIpc) is 1.99. The molecule has 0 N–H and O–H groups in total. The molecular weight excluding hydrogens is 413 g/mol. The van der Waals surface area contributed by atoms with Gasteiger partial charge in [0.25, 0.3) is 0 Å². The molecule has 9 heteroatoms. The normalized spacial score (nSPS) is 11.9. The Morgan fingerprint density at radius 2 is 1.36 bits per heavy atom. The Balaban J connectivity index is 0. The molecule has 82 valence electrons. The zero-order valence-corrected chi connectivity index (χ0v) is 12.0. The van der Waals surface area contributed by atoms with Crippen molar-refractivity contribution in [1.82, 2.24) is 0 Å². The molecule has 0 saturated carbocycles. The van der Waals surface area contributed by atoms with E-state index in [0.29, 0.717) is 0 Å². The number of Topliss-reactive ketones (excluding diaryl/α,β-unsaturated/α-hetero) is 2. The van der Waals surface area contributed by atoms with Crippen LogP contribution in [-0.4, -0.2) is 57.6 Å². The number of alkyl halides is 6. The van der Waals surface area contributed by atoms with Crippen molar-refractivity contribution in [2.45, 2.75) is 12.1 Å². The molecular formula is C5H4F6O2Pb. The third-order valence-corrected chi connectivity index (χ3v) is 1.01. The van der Waals surface area contributed by atoms with Gasteiger partial charge in [0, 0.05) is 0 Å². The summed E-state index contributed by atoms with van der Waals surface area (Å²) < 4.78 is 69.4. The van der Waals surface area contributed by atoms with E-state index in [0.717, 1.165) is 0 Å². The van der Waals surface area contributed by atoms with Crippen molar-refractivity contribution in [3.63, 3.8) is 0 Å². The van der Waals surface area contributed by atoms with Crippen LogP contribution in [0.25, 0.3) is 0 Å². The molecule has 14 heavy (non-hydrogen) atoms. The van der Waals surface area contributed by atoms with Gasteiger partial charge in [-0.1, -0.05) is 0 Å². The van der Waals surface area contributed by atoms with Crippen LogP contribution in [0, 0.1) is 0 Å². The first kappa shape index (κ1) is 16.3. The zero-order valence-electron chi connectivity index (χ0n) is 6.50. The van der Waals surface area contributed by atoms with Gasteiger partial charge in [-0.15, -0.1) is 0 Å². The Hall–Kier alpha value is -0.158. The summed E-state index contributed by atoms with van der Waals surface area (Å²) in [7, 11) is 0. The van der Waals surface area contributed by atoms with E-state index in [1.807, 2.05) is 0 Å². The van der Waals surface area contributed by atoms with Gasteiger partial charge in [-0.05, 0) is 0 Å². The van der Waals surface area contributed by atoms with Gasteiger partial charge in [-0.3, -0.25) is 9.59 Å². The van der Waals surface area contributed by atoms with Gasteiger partial charge in [0.05, 0.1) is 0 Å². The van der Waals surface area contributed by atoms with Gasteiger partial charge < -0.3 is 0 Å². The summed E-state index contributed by atoms with van der Waals surface area (Å²) in [6.07, 6.45) is -5.85. The van der Waals surface area contributed by atoms with Gasteiger partial charge >= 0.3 is 45.2 Å². The molecule has 0 aliphatic rings. The van der Waals surface area contributed by atoms with Crippen LogP contribution in [0.2, 0.25) is 0 Å². The Labute approximate surface area is 93.8 Å². The fourth-order valence-corrected chi connectivity index (χ4v) is 0.389. The summed E-state index contributed by atoms with van der Waals surface area (Å²) in [5.41, 5.74) is 0. The second-order valence-corrected chi connectivity index (χ2v) is 1.96. The average molecular weight is 417 g/mol. The van der Waals surface area contributed by atoms with E-state index < -0.39 is 30.3 Å². The molecule has 0 aromatic carbocycles. The van der Waals surface area contributed by atoms with Crippen LogP contribution >= 0.6 is 0 Å². The first-order valence-electron chi connectivity index (χ1n) is 2.72. The monoisotopic (exact) mass is 418 g/mol. The van der Waals surface area contributed by atoms with Crippen LogP contribution in [0.3, 0.4) is 0 Å². The van der Waals surface area contributed by atoms with E-state index in [2.05, 4.69) is 0 Å². The number of rotatable bonds is 3. The third kappa shape index (κ3) is 3.54. The van der Waals surface area contributed by atoms with Crippen molar-refractivity contribution >= 4 is 38.9 Å². The predicted molar refractivity (Wildman–Crippen MR) is 35.5 cm³/mol. The maximum atomic E-state index is 12.0. The maximum absolute atomic E-state index is 12.0. The Kier molecular flexibility index (Phi) is 5.90. The molecule has 0 atom stereocenters. The van der Waals surface area contributed by atoms with E-state index in [9.17, 15) is 35.9 Å². The minimum absolute atomic E-state index is 0. The molecule has 2 nitrogen and oxygen atoms in total. The number of halogens is 6. The van der Waals surface area contributed by atoms with Crippen LogP contribution < -0.4 is 0 Å². The molecule has 0 aliphatic heterocycles. The molecule has 0 rings (SSSR count). The molecule has 0 fully saturated rings. The second kappa shape index (κ2) is 5.07. The quantitative estimate of drug-likeness (QED) is 0.378. The van der Waals surface area contributed by atoms with Gasteiger partial charge in [0.15, 0.2) is 6.67 Å². The molecule has 0 heterocycles. The summed E-state index contributed by atoms with van der Waals surface area (Å²) in [6.45, 7) is -2.32. The Morgan fingerprint density at radius 1 is 1.00 bits per heavy atom. The van der Waals surface area contributed by atoms with Gasteiger partial charge in [0.1, 0.15) is 0 Å². The number of hydrogen-bond donors (Lipinski definition) is 0. The molecule has 0 saturated heterocycles. The molecule has 2 radical (unpaired) electrons. The molecule has 0 amide bonds. The summed E-state index contributed by atoms with van der Waals surface area (Å²) in [5, 5.41) is 0. The van der Waals surface area contributed by atoms with Gasteiger partial charge in [-0.2, -0.15) is 22.0 Å². The van der Waals surface area contributed by atoms with Crippen molar-refractivity contribution in [3.8, 4) is 0 Å². The fraction of sp³-hybridized carbons (Fsp3) is 0.600. The topological polar surface area (TPSA) is 34.1 Å². The summed E-state index contributed by atoms with van der Waals surface area (Å²) >= 11 is 0. The van der Waals surface area contributed by atoms with Crippen molar-refractivity contribution in [2.75, 3.05) is 6.67 Å². The predicted octanol–water partition coefficient (Wildman–Crippen LogP) is 0.376. The van der Waals surface area contributed by atoms with Crippen molar-refractivity contribution in [3.05, 3.63) is 0 Å². The number of carbonyl (C=O) groups is 2. The summed E-state index contributed by atoms with van der Waals surface area (Å²) in [5.74, 6) is -11.6. The van der Waals surface area contributed by atoms with Crippen molar-refractivity contribution in [1.29, 1.82) is 0 Å². The van der Waals surface area contributed by atoms with Crippen LogP contribution in [-0.2, 0) is 9.59 Å². The molecule has 0 aliphatic carbocycles. The van der Waals surface area contributed by atoms with Gasteiger partial charge in [-0.25, -0.2) is 4.39 Å². The minimum atomic E-state index is -5.85. The van der Waals surface area contributed by atoms with E-state index in [1.54, 1.807) is 0 Å². The second-order valence-electron chi connectivity index (χ2n) is 1.96. The van der Waals surface area contributed by atoms with Crippen molar-refractivity contribution in [2.24, 2.45) is 0 Å². The van der Waals surface area contributed by atoms with Crippen LogP contribution in [0.15, 0.2) is 0 Å². The Morgan fingerprint density at radius 3 is 1.57 bits per heavy atom. The summed E-state index contributed by atoms with van der Waals surface area (Å²) in [6, 6.07) is 0. The fourth-order valence-electron chi connectivity index (χ4n) is 0.389. The zero-order chi connectivity index (χ0) is 10.9. The third-order valence-electron chi connectivity index (χ3n) is 1.01. The molecule has 0 spiro atoms. The first-order chi connectivity index (χ1) is 5.64. The van der Waals surface area contributed by atoms with E-state index in [-0.39, 0.29) is 27.3 Å². The van der Waals surface area contributed by atoms with Crippen LogP contribution in [0.5, 0.6) is 0 Å². The molecule has 0 aromatic rings. The number of hydrogen-bond acceptors (Lipinski definition) is 2. The van der Waals surface area contributed by atoms with Crippen molar-refractivity contribution < 1.29 is 35.9 Å². The standard InChI is InChI=1S/C5H2F6O2.Pb.2H/c6-1-2(12)4(7,8)3(13)5(9,10)11;;;/h1H2;;;. The van der Waals surface area contributed by atoms with Crippen LogP contribution in [0.4, 0.5) is 26.3 Å². The Bertz CT molecular complexity index is 235. The molecule has 0 aromatic heterocycles. The molecule has 0 bridgehead atoms. The van der Waals surface area contributed by atoms with Crippen LogP contribution in [0.1, 0.15) is 0 Å². The van der Waals surface area contributed by atoms with E-state index >= 15 is 0 Å².